The second-order valence-electron chi connectivity index (χ2n) is 7.73. The number of allylic oxidation sites excluding steroid dienone is 5. The lowest BCUT2D eigenvalue weighted by atomic mass is 9.99. The molecule has 2 aromatic rings. The van der Waals surface area contributed by atoms with E-state index in [2.05, 4.69) is 11.8 Å². The van der Waals surface area contributed by atoms with E-state index in [1.807, 2.05) is 0 Å². The van der Waals surface area contributed by atoms with Crippen molar-refractivity contribution in [2.45, 2.75) is 26.3 Å². The molecule has 7 nitrogen and oxygen atoms in total. The first-order valence-electron chi connectivity index (χ1n) is 9.70. The van der Waals surface area contributed by atoms with Crippen molar-refractivity contribution in [1.29, 1.82) is 0 Å². The van der Waals surface area contributed by atoms with Crippen molar-refractivity contribution in [3.05, 3.63) is 63.7 Å². The molecule has 152 valence electrons. The molecule has 2 heterocycles. The van der Waals surface area contributed by atoms with Crippen LogP contribution in [0.25, 0.3) is 17.0 Å². The summed E-state index contributed by atoms with van der Waals surface area (Å²) in [6.45, 7) is 4.71. The van der Waals surface area contributed by atoms with Crippen molar-refractivity contribution in [1.82, 2.24) is 4.90 Å². The molecule has 0 radical (unpaired) electrons. The zero-order chi connectivity index (χ0) is 20.5. The molecule has 1 aliphatic carbocycles. The van der Waals surface area contributed by atoms with Crippen LogP contribution in [-0.2, 0) is 6.54 Å². The van der Waals surface area contributed by atoms with Gasteiger partial charge in [-0.3, -0.25) is 4.90 Å². The lowest BCUT2D eigenvalue weighted by Crippen LogP contribution is -2.33. The third kappa shape index (κ3) is 3.86. The number of benzene rings is 1. The monoisotopic (exact) mass is 395 g/mol. The summed E-state index contributed by atoms with van der Waals surface area (Å²) in [6, 6.07) is 3.22. The quantitative estimate of drug-likeness (QED) is 0.600. The highest BCUT2D eigenvalue weighted by atomic mass is 16.8. The van der Waals surface area contributed by atoms with Crippen molar-refractivity contribution >= 4 is 22.8 Å². The van der Waals surface area contributed by atoms with Gasteiger partial charge in [0.2, 0.25) is 5.71 Å². The Balaban J connectivity index is 1.69. The lowest BCUT2D eigenvalue weighted by molar-refractivity contribution is -0.377. The van der Waals surface area contributed by atoms with E-state index in [1.54, 1.807) is 30.4 Å². The van der Waals surface area contributed by atoms with E-state index in [0.29, 0.717) is 34.6 Å². The molecule has 4 rings (SSSR count). The Kier molecular flexibility index (Phi) is 5.07. The predicted molar refractivity (Wildman–Crippen MR) is 111 cm³/mol. The smallest absolute Gasteiger partial charge is 0.222 e. The van der Waals surface area contributed by atoms with Gasteiger partial charge in [-0.1, -0.05) is 6.92 Å². The molecule has 2 N–H and O–H groups in total. The molecule has 1 fully saturated rings. The van der Waals surface area contributed by atoms with Gasteiger partial charge < -0.3 is 25.0 Å². The topological polar surface area (TPSA) is 106 Å². The average molecular weight is 395 g/mol. The molecule has 1 atom stereocenters. The maximum absolute atomic E-state index is 10.8. The van der Waals surface area contributed by atoms with Gasteiger partial charge in [0.25, 0.3) is 0 Å². The number of phenols is 1. The second kappa shape index (κ2) is 7.67. The van der Waals surface area contributed by atoms with E-state index < -0.39 is 4.90 Å². The maximum atomic E-state index is 10.8. The molecule has 0 spiro atoms. The van der Waals surface area contributed by atoms with E-state index in [-0.39, 0.29) is 23.0 Å². The molecule has 0 unspecified atom stereocenters. The Labute approximate surface area is 168 Å². The number of rotatable bonds is 3. The fourth-order valence-electron chi connectivity index (χ4n) is 3.96. The van der Waals surface area contributed by atoms with E-state index in [0.717, 1.165) is 19.5 Å². The Hall–Kier alpha value is -3.19. The highest BCUT2D eigenvalue weighted by Gasteiger charge is 2.22. The molecule has 1 aliphatic heterocycles. The van der Waals surface area contributed by atoms with Gasteiger partial charge in [0, 0.05) is 25.2 Å². The van der Waals surface area contributed by atoms with Gasteiger partial charge in [0.05, 0.1) is 10.9 Å². The molecule has 1 saturated heterocycles. The number of piperidine rings is 1. The molecular weight excluding hydrogens is 372 g/mol. The van der Waals surface area contributed by atoms with Crippen LogP contribution in [-0.4, -0.2) is 38.8 Å². The summed E-state index contributed by atoms with van der Waals surface area (Å²) in [5, 5.41) is 43.2. The van der Waals surface area contributed by atoms with Crippen LogP contribution in [0.5, 0.6) is 11.5 Å². The van der Waals surface area contributed by atoms with Gasteiger partial charge in [-0.15, -0.1) is 0 Å². The fourth-order valence-corrected chi connectivity index (χ4v) is 3.96. The van der Waals surface area contributed by atoms with Gasteiger partial charge in [0.1, 0.15) is 11.3 Å². The van der Waals surface area contributed by atoms with Gasteiger partial charge in [-0.25, -0.2) is 0 Å². The zero-order valence-corrected chi connectivity index (χ0v) is 16.2. The number of aromatic hydroxyl groups is 2. The highest BCUT2D eigenvalue weighted by molar-refractivity contribution is 6.03. The van der Waals surface area contributed by atoms with Crippen LogP contribution in [0.3, 0.4) is 0 Å². The molecule has 0 bridgehead atoms. The molecule has 29 heavy (non-hydrogen) atoms. The summed E-state index contributed by atoms with van der Waals surface area (Å²) in [4.78, 5) is 1.83. The third-order valence-corrected chi connectivity index (χ3v) is 5.46. The first-order chi connectivity index (χ1) is 13.9. The number of likely N-dealkylation sites (tertiary alicyclic amines) is 1. The van der Waals surface area contributed by atoms with E-state index in [9.17, 15) is 20.6 Å². The molecule has 1 aromatic heterocycles. The van der Waals surface area contributed by atoms with Gasteiger partial charge in [0.15, 0.2) is 11.5 Å². The first kappa shape index (κ1) is 19.1. The molecule has 7 heteroatoms. The van der Waals surface area contributed by atoms with Crippen LogP contribution in [0, 0.1) is 16.3 Å². The molecule has 0 saturated carbocycles. The minimum absolute atomic E-state index is 0.000976. The minimum atomic E-state index is -0.459. The molecular formula is C22H23N2O5-. The van der Waals surface area contributed by atoms with Crippen LogP contribution in [0.15, 0.2) is 46.4 Å². The lowest BCUT2D eigenvalue weighted by Gasteiger charge is -2.30. The zero-order valence-electron chi connectivity index (χ0n) is 16.2. The van der Waals surface area contributed by atoms with Crippen LogP contribution >= 0.6 is 0 Å². The van der Waals surface area contributed by atoms with Crippen molar-refractivity contribution < 1.29 is 19.5 Å². The normalized spacial score (nSPS) is 19.8. The molecule has 0 amide bonds. The van der Waals surface area contributed by atoms with E-state index in [4.69, 9.17) is 4.42 Å². The van der Waals surface area contributed by atoms with Crippen LogP contribution < -0.4 is 0 Å². The number of hydrogen-bond donors (Lipinski definition) is 2. The first-order valence-corrected chi connectivity index (χ1v) is 9.70. The summed E-state index contributed by atoms with van der Waals surface area (Å²) < 4.78 is 5.93. The number of furan rings is 1. The SMILES string of the molecule is C[C@H]1CCCN(Cc2c(O)ccc3c(O)c(C=C4C=CC(=[N+]([O-])[O-])C=C4)oc23)C1. The average Bonchev–Trinajstić information content (AvgIpc) is 3.00. The highest BCUT2D eigenvalue weighted by Crippen LogP contribution is 2.39. The summed E-state index contributed by atoms with van der Waals surface area (Å²) in [6.07, 6.45) is 9.96. The fraction of sp³-hybridized carbons (Fsp3) is 0.318. The van der Waals surface area contributed by atoms with E-state index in [1.165, 1.54) is 18.6 Å². The third-order valence-electron chi connectivity index (χ3n) is 5.46. The number of phenolic OH excluding ortho intramolecular Hbond substituents is 1. The Morgan fingerprint density at radius 1 is 1.21 bits per heavy atom. The molecule has 2 aliphatic rings. The van der Waals surface area contributed by atoms with Crippen LogP contribution in [0.4, 0.5) is 0 Å². The van der Waals surface area contributed by atoms with Gasteiger partial charge in [-0.2, -0.15) is 4.90 Å². The van der Waals surface area contributed by atoms with Crippen molar-refractivity contribution in [3.63, 3.8) is 0 Å². The number of hydrogen-bond acceptors (Lipinski definition) is 6. The van der Waals surface area contributed by atoms with Crippen molar-refractivity contribution in [2.75, 3.05) is 13.1 Å². The Morgan fingerprint density at radius 2 is 1.97 bits per heavy atom. The summed E-state index contributed by atoms with van der Waals surface area (Å²) in [5.41, 5.74) is 1.80. The summed E-state index contributed by atoms with van der Waals surface area (Å²) in [5.74, 6) is 1.01. The van der Waals surface area contributed by atoms with Crippen LogP contribution in [0.1, 0.15) is 31.1 Å². The van der Waals surface area contributed by atoms with Crippen molar-refractivity contribution in [3.8, 4) is 11.5 Å². The van der Waals surface area contributed by atoms with Crippen LogP contribution in [0.2, 0.25) is 0 Å². The Morgan fingerprint density at radius 3 is 2.66 bits per heavy atom. The number of nitrogens with zero attached hydrogens (tertiary/aromatic N) is 2. The van der Waals surface area contributed by atoms with Gasteiger partial charge >= 0.3 is 0 Å². The standard InChI is InChI=1S/C22H23N2O5/c1-14-3-2-10-23(12-14)13-18-19(25)9-8-17-21(26)20(29-22(17)18)11-15-4-6-16(7-5-15)24(27)28/h4-9,11,14H,2-3,10,12-13H2,1H3,(H2-,25,26,27,28)/q-1/t14-/m0/s1. The maximum Gasteiger partial charge on any atom is 0.222 e. The predicted octanol–water partition coefficient (Wildman–Crippen LogP) is 4.03. The molecule has 1 aromatic carbocycles. The number of fused-ring (bicyclic) bond motifs is 1. The minimum Gasteiger partial charge on any atom is -0.612 e. The van der Waals surface area contributed by atoms with Crippen molar-refractivity contribution in [2.24, 2.45) is 5.92 Å². The largest absolute Gasteiger partial charge is 0.612 e. The van der Waals surface area contributed by atoms with Gasteiger partial charge in [-0.05, 0) is 61.2 Å². The summed E-state index contributed by atoms with van der Waals surface area (Å²) in [7, 11) is 0. The summed E-state index contributed by atoms with van der Waals surface area (Å²) >= 11 is 0. The van der Waals surface area contributed by atoms with E-state index >= 15 is 0 Å². The Bertz CT molecular complexity index is 1040. The second-order valence-corrected chi connectivity index (χ2v) is 7.73.